The highest BCUT2D eigenvalue weighted by atomic mass is 32.1. The summed E-state index contributed by atoms with van der Waals surface area (Å²) >= 11 is 1.66. The summed E-state index contributed by atoms with van der Waals surface area (Å²) in [5.74, 6) is 0.893. The molecule has 0 atom stereocenters. The van der Waals surface area contributed by atoms with Gasteiger partial charge < -0.3 is 10.1 Å². The Bertz CT molecular complexity index is 510. The summed E-state index contributed by atoms with van der Waals surface area (Å²) in [5.41, 5.74) is 1.10. The van der Waals surface area contributed by atoms with Gasteiger partial charge in [0.15, 0.2) is 0 Å². The van der Waals surface area contributed by atoms with Crippen LogP contribution in [0.1, 0.15) is 25.3 Å². The summed E-state index contributed by atoms with van der Waals surface area (Å²) in [4.78, 5) is 0. The Balaban J connectivity index is 1.93. The summed E-state index contributed by atoms with van der Waals surface area (Å²) in [7, 11) is 0. The minimum absolute atomic E-state index is 0.688. The monoisotopic (exact) mass is 291 g/mol. The van der Waals surface area contributed by atoms with E-state index in [9.17, 15) is 0 Å². The van der Waals surface area contributed by atoms with Gasteiger partial charge in [-0.15, -0.1) is 10.2 Å². The fraction of sp³-hybridized carbons (Fsp3) is 0.467. The molecule has 0 saturated heterocycles. The lowest BCUT2D eigenvalue weighted by atomic mass is 10.2. The fourth-order valence-corrected chi connectivity index (χ4v) is 2.67. The maximum atomic E-state index is 5.44. The third-order valence-electron chi connectivity index (χ3n) is 2.82. The van der Waals surface area contributed by atoms with E-state index in [1.807, 2.05) is 31.2 Å². The molecule has 0 aliphatic carbocycles. The van der Waals surface area contributed by atoms with Gasteiger partial charge in [0.25, 0.3) is 0 Å². The van der Waals surface area contributed by atoms with Gasteiger partial charge in [-0.1, -0.05) is 18.3 Å². The lowest BCUT2D eigenvalue weighted by molar-refractivity contribution is 0.340. The second kappa shape index (κ2) is 7.97. The molecular formula is C15H21N3OS. The smallest absolute Gasteiger partial charge is 0.147 e. The van der Waals surface area contributed by atoms with Crippen molar-refractivity contribution in [2.75, 3.05) is 19.7 Å². The second-order valence-corrected chi connectivity index (χ2v) is 5.52. The number of ether oxygens (including phenoxy) is 1. The molecule has 0 saturated carbocycles. The Hall–Kier alpha value is -1.46. The van der Waals surface area contributed by atoms with Crippen molar-refractivity contribution in [1.82, 2.24) is 15.5 Å². The van der Waals surface area contributed by atoms with E-state index >= 15 is 0 Å². The molecule has 0 radical (unpaired) electrons. The normalized spacial score (nSPS) is 10.7. The van der Waals surface area contributed by atoms with Crippen molar-refractivity contribution in [2.24, 2.45) is 0 Å². The molecule has 2 aromatic rings. The van der Waals surface area contributed by atoms with E-state index in [2.05, 4.69) is 22.4 Å². The van der Waals surface area contributed by atoms with Crippen LogP contribution in [-0.2, 0) is 6.42 Å². The average Bonchev–Trinajstić information content (AvgIpc) is 2.94. The van der Waals surface area contributed by atoms with E-state index in [1.165, 1.54) is 0 Å². The molecule has 5 heteroatoms. The molecule has 1 aromatic heterocycles. The highest BCUT2D eigenvalue weighted by molar-refractivity contribution is 7.14. The van der Waals surface area contributed by atoms with Gasteiger partial charge in [-0.25, -0.2) is 0 Å². The van der Waals surface area contributed by atoms with Crippen LogP contribution in [0, 0.1) is 0 Å². The van der Waals surface area contributed by atoms with Gasteiger partial charge in [-0.2, -0.15) is 0 Å². The first-order valence-corrected chi connectivity index (χ1v) is 7.91. The SMILES string of the molecule is CCCNCCc1nnc(-c2ccc(OCC)cc2)s1. The Labute approximate surface area is 124 Å². The van der Waals surface area contributed by atoms with Crippen LogP contribution in [0.5, 0.6) is 5.75 Å². The molecule has 0 unspecified atom stereocenters. The lowest BCUT2D eigenvalue weighted by Gasteiger charge is -2.02. The minimum Gasteiger partial charge on any atom is -0.494 e. The first-order chi connectivity index (χ1) is 9.83. The number of nitrogens with zero attached hydrogens (tertiary/aromatic N) is 2. The van der Waals surface area contributed by atoms with Crippen LogP contribution in [0.25, 0.3) is 10.6 Å². The van der Waals surface area contributed by atoms with Crippen LogP contribution >= 0.6 is 11.3 Å². The van der Waals surface area contributed by atoms with Gasteiger partial charge >= 0.3 is 0 Å². The van der Waals surface area contributed by atoms with Gasteiger partial charge in [0.05, 0.1) is 6.61 Å². The van der Waals surface area contributed by atoms with Crippen LogP contribution in [0.3, 0.4) is 0 Å². The summed E-state index contributed by atoms with van der Waals surface area (Å²) in [6, 6.07) is 8.01. The summed E-state index contributed by atoms with van der Waals surface area (Å²) in [5, 5.41) is 13.9. The van der Waals surface area contributed by atoms with Gasteiger partial charge in [-0.05, 0) is 44.2 Å². The molecule has 4 nitrogen and oxygen atoms in total. The topological polar surface area (TPSA) is 47.0 Å². The number of nitrogens with one attached hydrogen (secondary N) is 1. The first-order valence-electron chi connectivity index (χ1n) is 7.09. The Kier molecular flexibility index (Phi) is 5.95. The standard InChI is InChI=1S/C15H21N3OS/c1-3-10-16-11-9-14-17-18-15(20-14)12-5-7-13(8-6-12)19-4-2/h5-8,16H,3-4,9-11H2,1-2H3. The number of benzene rings is 1. The third-order valence-corrected chi connectivity index (χ3v) is 3.85. The highest BCUT2D eigenvalue weighted by Crippen LogP contribution is 2.25. The van der Waals surface area contributed by atoms with Crippen molar-refractivity contribution in [3.05, 3.63) is 29.3 Å². The molecular weight excluding hydrogens is 270 g/mol. The molecule has 1 heterocycles. The zero-order valence-corrected chi connectivity index (χ0v) is 12.9. The minimum atomic E-state index is 0.688. The third kappa shape index (κ3) is 4.28. The fourth-order valence-electron chi connectivity index (χ4n) is 1.83. The molecule has 1 aromatic carbocycles. The Morgan fingerprint density at radius 1 is 1.10 bits per heavy atom. The molecule has 1 N–H and O–H groups in total. The van der Waals surface area contributed by atoms with Crippen molar-refractivity contribution in [2.45, 2.75) is 26.7 Å². The zero-order chi connectivity index (χ0) is 14.2. The molecule has 0 bridgehead atoms. The Morgan fingerprint density at radius 2 is 1.90 bits per heavy atom. The van der Waals surface area contributed by atoms with Gasteiger partial charge in [0.2, 0.25) is 0 Å². The number of rotatable bonds is 8. The molecule has 0 aliphatic rings. The zero-order valence-electron chi connectivity index (χ0n) is 12.1. The number of hydrogen-bond acceptors (Lipinski definition) is 5. The van der Waals surface area contributed by atoms with Crippen LogP contribution < -0.4 is 10.1 Å². The molecule has 0 amide bonds. The predicted molar refractivity (Wildman–Crippen MR) is 83.4 cm³/mol. The van der Waals surface area contributed by atoms with Crippen molar-refractivity contribution in [3.63, 3.8) is 0 Å². The van der Waals surface area contributed by atoms with E-state index < -0.39 is 0 Å². The molecule has 0 spiro atoms. The highest BCUT2D eigenvalue weighted by Gasteiger charge is 2.06. The van der Waals surface area contributed by atoms with E-state index in [4.69, 9.17) is 4.74 Å². The summed E-state index contributed by atoms with van der Waals surface area (Å²) in [6.45, 7) is 6.86. The van der Waals surface area contributed by atoms with Gasteiger partial charge in [0.1, 0.15) is 15.8 Å². The van der Waals surface area contributed by atoms with Crippen LogP contribution in [0.2, 0.25) is 0 Å². The second-order valence-electron chi connectivity index (χ2n) is 4.46. The van der Waals surface area contributed by atoms with Crippen LogP contribution in [0.15, 0.2) is 24.3 Å². The molecule has 0 aliphatic heterocycles. The van der Waals surface area contributed by atoms with Crippen molar-refractivity contribution >= 4 is 11.3 Å². The average molecular weight is 291 g/mol. The quantitative estimate of drug-likeness (QED) is 0.759. The van der Waals surface area contributed by atoms with Crippen molar-refractivity contribution in [1.29, 1.82) is 0 Å². The van der Waals surface area contributed by atoms with Gasteiger partial charge in [0, 0.05) is 18.5 Å². The van der Waals surface area contributed by atoms with Crippen LogP contribution in [0.4, 0.5) is 0 Å². The summed E-state index contributed by atoms with van der Waals surface area (Å²) in [6.07, 6.45) is 2.10. The molecule has 0 fully saturated rings. The number of aromatic nitrogens is 2. The maximum absolute atomic E-state index is 5.44. The van der Waals surface area contributed by atoms with E-state index in [0.717, 1.165) is 47.3 Å². The maximum Gasteiger partial charge on any atom is 0.147 e. The summed E-state index contributed by atoms with van der Waals surface area (Å²) < 4.78 is 5.44. The lowest BCUT2D eigenvalue weighted by Crippen LogP contribution is -2.17. The van der Waals surface area contributed by atoms with E-state index in [1.54, 1.807) is 11.3 Å². The predicted octanol–water partition coefficient (Wildman–Crippen LogP) is 3.15. The van der Waals surface area contributed by atoms with Crippen molar-refractivity contribution in [3.8, 4) is 16.3 Å². The first kappa shape index (κ1) is 14.9. The molecule has 108 valence electrons. The van der Waals surface area contributed by atoms with E-state index in [0.29, 0.717) is 6.61 Å². The molecule has 2 rings (SSSR count). The molecule has 20 heavy (non-hydrogen) atoms. The Morgan fingerprint density at radius 3 is 2.60 bits per heavy atom. The number of hydrogen-bond donors (Lipinski definition) is 1. The van der Waals surface area contributed by atoms with Crippen molar-refractivity contribution < 1.29 is 4.74 Å². The van der Waals surface area contributed by atoms with Gasteiger partial charge in [-0.3, -0.25) is 0 Å². The van der Waals surface area contributed by atoms with Crippen LogP contribution in [-0.4, -0.2) is 29.9 Å². The van der Waals surface area contributed by atoms with E-state index in [-0.39, 0.29) is 0 Å². The largest absolute Gasteiger partial charge is 0.494 e.